The van der Waals surface area contributed by atoms with Crippen LogP contribution in [0.15, 0.2) is 12.1 Å². The van der Waals surface area contributed by atoms with Gasteiger partial charge >= 0.3 is 5.97 Å². The molecular weight excluding hydrogens is 316 g/mol. The second-order valence-electron chi connectivity index (χ2n) is 6.88. The summed E-state index contributed by atoms with van der Waals surface area (Å²) in [6, 6.07) is 4.46. The molecule has 6 heteroatoms. The lowest BCUT2D eigenvalue weighted by Gasteiger charge is -2.24. The van der Waals surface area contributed by atoms with Crippen LogP contribution in [0.2, 0.25) is 0 Å². The Morgan fingerprint density at radius 3 is 2.72 bits per heavy atom. The van der Waals surface area contributed by atoms with Crippen molar-refractivity contribution >= 4 is 5.97 Å². The number of carboxylic acid groups (broad SMARTS) is 1. The van der Waals surface area contributed by atoms with Gasteiger partial charge in [0, 0.05) is 41.8 Å². The highest BCUT2D eigenvalue weighted by molar-refractivity contribution is 5.87. The van der Waals surface area contributed by atoms with Gasteiger partial charge in [0.15, 0.2) is 5.69 Å². The molecule has 2 aromatic heterocycles. The fourth-order valence-electron chi connectivity index (χ4n) is 3.72. The summed E-state index contributed by atoms with van der Waals surface area (Å²) in [7, 11) is 0. The minimum Gasteiger partial charge on any atom is -0.476 e. The summed E-state index contributed by atoms with van der Waals surface area (Å²) in [5.41, 5.74) is 5.51. The zero-order valence-electron chi connectivity index (χ0n) is 15.2. The number of aromatic nitrogens is 3. The van der Waals surface area contributed by atoms with Crippen LogP contribution in [-0.2, 0) is 25.9 Å². The van der Waals surface area contributed by atoms with Crippen molar-refractivity contribution < 1.29 is 9.90 Å². The van der Waals surface area contributed by atoms with Crippen molar-refractivity contribution in [1.82, 2.24) is 20.1 Å². The lowest BCUT2D eigenvalue weighted by atomic mass is 9.91. The van der Waals surface area contributed by atoms with Gasteiger partial charge in [0.25, 0.3) is 0 Å². The van der Waals surface area contributed by atoms with Crippen molar-refractivity contribution in [2.24, 2.45) is 0 Å². The van der Waals surface area contributed by atoms with Crippen LogP contribution in [0.3, 0.4) is 0 Å². The fraction of sp³-hybridized carbons (Fsp3) is 0.526. The Hall–Kier alpha value is -2.21. The first-order valence-corrected chi connectivity index (χ1v) is 8.97. The number of aromatic carboxylic acids is 1. The monoisotopic (exact) mass is 342 g/mol. The molecule has 2 aromatic rings. The normalized spacial score (nSPS) is 16.7. The summed E-state index contributed by atoms with van der Waals surface area (Å²) in [6.45, 7) is 7.65. The Bertz CT molecular complexity index is 762. The molecule has 3 rings (SSSR count). The Kier molecular flexibility index (Phi) is 5.18. The van der Waals surface area contributed by atoms with Gasteiger partial charge < -0.3 is 10.4 Å². The van der Waals surface area contributed by atoms with Crippen LogP contribution in [0.5, 0.6) is 0 Å². The molecule has 0 radical (unpaired) electrons. The van der Waals surface area contributed by atoms with E-state index in [-0.39, 0.29) is 11.7 Å². The first-order valence-electron chi connectivity index (χ1n) is 8.97. The van der Waals surface area contributed by atoms with Crippen molar-refractivity contribution in [2.45, 2.75) is 65.6 Å². The van der Waals surface area contributed by atoms with Crippen molar-refractivity contribution in [2.75, 3.05) is 0 Å². The van der Waals surface area contributed by atoms with Crippen LogP contribution in [0, 0.1) is 13.8 Å². The molecule has 0 aromatic carbocycles. The van der Waals surface area contributed by atoms with E-state index < -0.39 is 5.97 Å². The first-order chi connectivity index (χ1) is 12.0. The highest BCUT2D eigenvalue weighted by Gasteiger charge is 2.28. The van der Waals surface area contributed by atoms with Gasteiger partial charge in [0.2, 0.25) is 0 Å². The number of rotatable bonds is 6. The number of nitrogens with one attached hydrogen (secondary N) is 1. The SMILES string of the molecule is CCCn1nc(C(=O)O)c2c1CC[C@@H](NCc1cc(C)nc(C)c1)C2. The molecule has 1 aliphatic rings. The average molecular weight is 342 g/mol. The van der Waals surface area contributed by atoms with Gasteiger partial charge in [0.05, 0.1) is 0 Å². The van der Waals surface area contributed by atoms with Crippen LogP contribution in [-0.4, -0.2) is 31.9 Å². The molecule has 1 atom stereocenters. The fourth-order valence-corrected chi connectivity index (χ4v) is 3.72. The van der Waals surface area contributed by atoms with Crippen LogP contribution in [0.25, 0.3) is 0 Å². The zero-order chi connectivity index (χ0) is 18.0. The zero-order valence-corrected chi connectivity index (χ0v) is 15.2. The van der Waals surface area contributed by atoms with Gasteiger partial charge in [0.1, 0.15) is 0 Å². The van der Waals surface area contributed by atoms with Gasteiger partial charge in [-0.05, 0) is 57.2 Å². The predicted molar refractivity (Wildman–Crippen MR) is 95.8 cm³/mol. The molecule has 134 valence electrons. The molecule has 25 heavy (non-hydrogen) atoms. The predicted octanol–water partition coefficient (Wildman–Crippen LogP) is 2.65. The van der Waals surface area contributed by atoms with Gasteiger partial charge in [-0.25, -0.2) is 4.79 Å². The Balaban J connectivity index is 1.73. The largest absolute Gasteiger partial charge is 0.476 e. The maximum Gasteiger partial charge on any atom is 0.356 e. The van der Waals surface area contributed by atoms with E-state index in [1.165, 1.54) is 5.56 Å². The van der Waals surface area contributed by atoms with E-state index in [1.807, 2.05) is 18.5 Å². The highest BCUT2D eigenvalue weighted by Crippen LogP contribution is 2.25. The van der Waals surface area contributed by atoms with Crippen molar-refractivity contribution in [3.8, 4) is 0 Å². The molecule has 0 fully saturated rings. The second-order valence-corrected chi connectivity index (χ2v) is 6.88. The third-order valence-electron chi connectivity index (χ3n) is 4.72. The molecule has 6 nitrogen and oxygen atoms in total. The number of pyridine rings is 1. The molecule has 0 aliphatic heterocycles. The van der Waals surface area contributed by atoms with Crippen molar-refractivity contribution in [1.29, 1.82) is 0 Å². The van der Waals surface area contributed by atoms with Crippen LogP contribution >= 0.6 is 0 Å². The van der Waals surface area contributed by atoms with Crippen LogP contribution < -0.4 is 5.32 Å². The number of aryl methyl sites for hydroxylation is 3. The minimum atomic E-state index is -0.924. The van der Waals surface area contributed by atoms with E-state index in [2.05, 4.69) is 34.5 Å². The van der Waals surface area contributed by atoms with Gasteiger partial charge in [-0.3, -0.25) is 9.67 Å². The molecular formula is C19H26N4O2. The maximum atomic E-state index is 11.5. The molecule has 2 heterocycles. The number of nitrogens with zero attached hydrogens (tertiary/aromatic N) is 3. The van der Waals surface area contributed by atoms with E-state index in [0.717, 1.165) is 61.4 Å². The summed E-state index contributed by atoms with van der Waals surface area (Å²) in [6.07, 6.45) is 3.56. The number of hydrogen-bond acceptors (Lipinski definition) is 4. The summed E-state index contributed by atoms with van der Waals surface area (Å²) in [5.74, 6) is -0.924. The Labute approximate surface area is 148 Å². The lowest BCUT2D eigenvalue weighted by molar-refractivity contribution is 0.0688. The molecule has 2 N–H and O–H groups in total. The van der Waals surface area contributed by atoms with Crippen LogP contribution in [0.1, 0.15) is 58.5 Å². The smallest absolute Gasteiger partial charge is 0.356 e. The van der Waals surface area contributed by atoms with E-state index in [9.17, 15) is 9.90 Å². The highest BCUT2D eigenvalue weighted by atomic mass is 16.4. The molecule has 0 saturated heterocycles. The van der Waals surface area contributed by atoms with Crippen LogP contribution in [0.4, 0.5) is 0 Å². The Morgan fingerprint density at radius 2 is 2.08 bits per heavy atom. The van der Waals surface area contributed by atoms with E-state index in [1.54, 1.807) is 0 Å². The van der Waals surface area contributed by atoms with Crippen molar-refractivity contribution in [3.05, 3.63) is 46.0 Å². The molecule has 0 amide bonds. The summed E-state index contributed by atoms with van der Waals surface area (Å²) in [4.78, 5) is 16.0. The molecule has 0 saturated carbocycles. The third kappa shape index (κ3) is 3.90. The van der Waals surface area contributed by atoms with Gasteiger partial charge in [-0.2, -0.15) is 5.10 Å². The number of fused-ring (bicyclic) bond motifs is 1. The lowest BCUT2D eigenvalue weighted by Crippen LogP contribution is -2.34. The van der Waals surface area contributed by atoms with Gasteiger partial charge in [-0.1, -0.05) is 6.92 Å². The molecule has 0 bridgehead atoms. The maximum absolute atomic E-state index is 11.5. The summed E-state index contributed by atoms with van der Waals surface area (Å²) in [5, 5.41) is 17.4. The number of carbonyl (C=O) groups is 1. The summed E-state index contributed by atoms with van der Waals surface area (Å²) < 4.78 is 1.89. The molecule has 0 unspecified atom stereocenters. The second kappa shape index (κ2) is 7.35. The number of hydrogen-bond donors (Lipinski definition) is 2. The first kappa shape index (κ1) is 17.6. The quantitative estimate of drug-likeness (QED) is 0.843. The topological polar surface area (TPSA) is 80.0 Å². The van der Waals surface area contributed by atoms with E-state index in [0.29, 0.717) is 0 Å². The standard InChI is InChI=1S/C19H26N4O2/c1-4-7-23-17-6-5-15(10-16(17)18(22-23)19(24)25)20-11-14-8-12(2)21-13(3)9-14/h8-9,15,20H,4-7,10-11H2,1-3H3,(H,24,25)/t15-/m1/s1. The van der Waals surface area contributed by atoms with E-state index in [4.69, 9.17) is 0 Å². The van der Waals surface area contributed by atoms with E-state index >= 15 is 0 Å². The average Bonchev–Trinajstić information content (AvgIpc) is 2.91. The summed E-state index contributed by atoms with van der Waals surface area (Å²) >= 11 is 0. The Morgan fingerprint density at radius 1 is 1.36 bits per heavy atom. The molecule has 1 aliphatic carbocycles. The minimum absolute atomic E-state index is 0.227. The third-order valence-corrected chi connectivity index (χ3v) is 4.72. The van der Waals surface area contributed by atoms with Crippen molar-refractivity contribution in [3.63, 3.8) is 0 Å². The van der Waals surface area contributed by atoms with Gasteiger partial charge in [-0.15, -0.1) is 0 Å². The molecule has 0 spiro atoms. The number of carboxylic acids is 1.